The lowest BCUT2D eigenvalue weighted by atomic mass is 10.3. The molecule has 0 saturated carbocycles. The molecule has 0 spiro atoms. The molecule has 0 radical (unpaired) electrons. The molecule has 0 aliphatic carbocycles. The van der Waals surface area contributed by atoms with Gasteiger partial charge in [-0.3, -0.25) is 9.63 Å². The highest BCUT2D eigenvalue weighted by Gasteiger charge is 2.15. The van der Waals surface area contributed by atoms with E-state index in [1.807, 2.05) is 0 Å². The monoisotopic (exact) mass is 479 g/mol. The highest BCUT2D eigenvalue weighted by molar-refractivity contribution is 7.15. The van der Waals surface area contributed by atoms with Crippen LogP contribution in [0.2, 0.25) is 9.49 Å². The van der Waals surface area contributed by atoms with E-state index in [1.165, 1.54) is 11.3 Å². The van der Waals surface area contributed by atoms with Gasteiger partial charge in [-0.25, -0.2) is 10.5 Å². The van der Waals surface area contributed by atoms with Crippen LogP contribution in [-0.2, 0) is 16.2 Å². The van der Waals surface area contributed by atoms with Crippen LogP contribution in [0.25, 0.3) is 11.1 Å². The van der Waals surface area contributed by atoms with E-state index in [4.69, 9.17) is 41.9 Å². The van der Waals surface area contributed by atoms with Crippen molar-refractivity contribution in [2.45, 2.75) is 19.6 Å². The molecule has 0 aliphatic heterocycles. The Balaban J connectivity index is 1.28. The predicted octanol–water partition coefficient (Wildman–Crippen LogP) is 5.40. The number of carbonyl (C=O) groups is 1. The summed E-state index contributed by atoms with van der Waals surface area (Å²) in [7, 11) is 0. The summed E-state index contributed by atoms with van der Waals surface area (Å²) in [4.78, 5) is 26.2. The molecule has 0 saturated heterocycles. The molecule has 4 rings (SSSR count). The van der Waals surface area contributed by atoms with Gasteiger partial charge >= 0.3 is 6.08 Å². The van der Waals surface area contributed by atoms with E-state index < -0.39 is 12.0 Å². The van der Waals surface area contributed by atoms with E-state index in [9.17, 15) is 4.79 Å². The zero-order valence-corrected chi connectivity index (χ0v) is 18.3. The topological polar surface area (TPSA) is 95.7 Å². The molecule has 2 aromatic heterocycles. The second-order valence-corrected chi connectivity index (χ2v) is 8.39. The van der Waals surface area contributed by atoms with Gasteiger partial charge < -0.3 is 13.9 Å². The molecule has 0 bridgehead atoms. The molecular weight excluding hydrogens is 465 g/mol. The first-order chi connectivity index (χ1) is 15.0. The van der Waals surface area contributed by atoms with Gasteiger partial charge in [0.2, 0.25) is 0 Å². The summed E-state index contributed by atoms with van der Waals surface area (Å²) >= 11 is 13.0. The van der Waals surface area contributed by atoms with Crippen LogP contribution in [0.4, 0.5) is 0 Å². The number of hydroxylamine groups is 1. The minimum absolute atomic E-state index is 0.0954. The maximum absolute atomic E-state index is 12.1. The third kappa shape index (κ3) is 5.65. The van der Waals surface area contributed by atoms with Gasteiger partial charge in [-0.05, 0) is 43.3 Å². The second kappa shape index (κ2) is 9.52. The summed E-state index contributed by atoms with van der Waals surface area (Å²) in [6, 6.07) is 11.8. The van der Waals surface area contributed by atoms with Gasteiger partial charge in [-0.15, -0.1) is 11.3 Å². The van der Waals surface area contributed by atoms with Crippen molar-refractivity contribution in [2.75, 3.05) is 0 Å². The number of nitrogens with one attached hydrogen (secondary N) is 1. The average molecular weight is 480 g/mol. The molecule has 1 amide bonds. The number of oxazole rings is 1. The van der Waals surface area contributed by atoms with Crippen molar-refractivity contribution in [1.29, 1.82) is 0 Å². The SMILES string of the molecule is C[C@@H](Oc1ccc(Oc2nc3ccc(Cl)cc3o2)cc1)C(=O)NOCc1cnc(Cl)s1. The second-order valence-electron chi connectivity index (χ2n) is 6.26. The molecule has 0 unspecified atom stereocenters. The van der Waals surface area contributed by atoms with Crippen molar-refractivity contribution >= 4 is 51.5 Å². The number of rotatable bonds is 8. The Morgan fingerprint density at radius 2 is 1.97 bits per heavy atom. The van der Waals surface area contributed by atoms with E-state index in [1.54, 1.807) is 55.6 Å². The van der Waals surface area contributed by atoms with Crippen LogP contribution in [0.1, 0.15) is 11.8 Å². The lowest BCUT2D eigenvalue weighted by molar-refractivity contribution is -0.141. The fraction of sp³-hybridized carbons (Fsp3) is 0.150. The Morgan fingerprint density at radius 3 is 2.71 bits per heavy atom. The third-order valence-electron chi connectivity index (χ3n) is 3.95. The number of carbonyl (C=O) groups excluding carboxylic acids is 1. The highest BCUT2D eigenvalue weighted by atomic mass is 35.5. The highest BCUT2D eigenvalue weighted by Crippen LogP contribution is 2.28. The summed E-state index contributed by atoms with van der Waals surface area (Å²) in [5, 5.41) is 0.549. The number of thiazole rings is 1. The van der Waals surface area contributed by atoms with Crippen LogP contribution in [0, 0.1) is 0 Å². The zero-order valence-electron chi connectivity index (χ0n) is 16.0. The van der Waals surface area contributed by atoms with Crippen LogP contribution >= 0.6 is 34.5 Å². The molecule has 0 fully saturated rings. The molecule has 0 aliphatic rings. The van der Waals surface area contributed by atoms with Crippen molar-refractivity contribution in [3.8, 4) is 17.6 Å². The third-order valence-corrected chi connectivity index (χ3v) is 5.28. The first kappa shape index (κ1) is 21.4. The number of halogens is 2. The number of fused-ring (bicyclic) bond motifs is 1. The van der Waals surface area contributed by atoms with Gasteiger partial charge in [0.05, 0.1) is 4.88 Å². The van der Waals surface area contributed by atoms with Gasteiger partial charge in [0.25, 0.3) is 5.91 Å². The molecule has 11 heteroatoms. The van der Waals surface area contributed by atoms with E-state index in [-0.39, 0.29) is 12.7 Å². The normalized spacial score (nSPS) is 12.0. The first-order valence-electron chi connectivity index (χ1n) is 8.99. The smallest absolute Gasteiger partial charge is 0.400 e. The van der Waals surface area contributed by atoms with Crippen LogP contribution < -0.4 is 15.0 Å². The minimum Gasteiger partial charge on any atom is -0.481 e. The molecule has 4 aromatic rings. The number of hydrogen-bond acceptors (Lipinski definition) is 8. The van der Waals surface area contributed by atoms with Gasteiger partial charge in [-0.2, -0.15) is 4.98 Å². The number of nitrogens with zero attached hydrogens (tertiary/aromatic N) is 2. The fourth-order valence-corrected chi connectivity index (χ4v) is 3.53. The van der Waals surface area contributed by atoms with E-state index in [0.717, 1.165) is 4.88 Å². The minimum atomic E-state index is -0.779. The molecule has 1 atom stereocenters. The molecule has 1 N–H and O–H groups in total. The van der Waals surface area contributed by atoms with Crippen LogP contribution in [0.15, 0.2) is 53.1 Å². The van der Waals surface area contributed by atoms with E-state index in [0.29, 0.717) is 32.1 Å². The Labute approximate surface area is 190 Å². The van der Waals surface area contributed by atoms with Gasteiger partial charge in [-0.1, -0.05) is 23.2 Å². The number of benzene rings is 2. The Morgan fingerprint density at radius 1 is 1.19 bits per heavy atom. The average Bonchev–Trinajstić information content (AvgIpc) is 3.34. The summed E-state index contributed by atoms with van der Waals surface area (Å²) in [6.07, 6.45) is 0.898. The van der Waals surface area contributed by atoms with E-state index in [2.05, 4.69) is 15.4 Å². The van der Waals surface area contributed by atoms with Crippen LogP contribution in [0.5, 0.6) is 17.6 Å². The van der Waals surface area contributed by atoms with Gasteiger partial charge in [0, 0.05) is 17.3 Å². The standard InChI is InChI=1S/C20H15Cl2N3O5S/c1-11(18(26)25-27-10-15-9-23-19(22)31-15)28-13-3-5-14(6-4-13)29-20-24-16-7-2-12(21)8-17(16)30-20/h2-9,11H,10H2,1H3,(H,25,26)/t11-/m1/s1. The Kier molecular flexibility index (Phi) is 6.57. The van der Waals surface area contributed by atoms with Crippen molar-refractivity contribution < 1.29 is 23.5 Å². The summed E-state index contributed by atoms with van der Waals surface area (Å²) in [6.45, 7) is 1.77. The molecule has 8 nitrogen and oxygen atoms in total. The summed E-state index contributed by atoms with van der Waals surface area (Å²) < 4.78 is 17.2. The molecule has 2 aromatic carbocycles. The number of amides is 1. The molecule has 2 heterocycles. The summed E-state index contributed by atoms with van der Waals surface area (Å²) in [5.74, 6) is 0.545. The predicted molar refractivity (Wildman–Crippen MR) is 116 cm³/mol. The fourth-order valence-electron chi connectivity index (χ4n) is 2.48. The lowest BCUT2D eigenvalue weighted by Crippen LogP contribution is -2.36. The van der Waals surface area contributed by atoms with E-state index >= 15 is 0 Å². The zero-order chi connectivity index (χ0) is 21.8. The van der Waals surface area contributed by atoms with Crippen molar-refractivity contribution in [2.24, 2.45) is 0 Å². The summed E-state index contributed by atoms with van der Waals surface area (Å²) in [5.41, 5.74) is 3.51. The van der Waals surface area contributed by atoms with Crippen LogP contribution in [0.3, 0.4) is 0 Å². The van der Waals surface area contributed by atoms with Crippen molar-refractivity contribution in [1.82, 2.24) is 15.4 Å². The van der Waals surface area contributed by atoms with Crippen LogP contribution in [-0.4, -0.2) is 22.0 Å². The first-order valence-corrected chi connectivity index (χ1v) is 10.6. The van der Waals surface area contributed by atoms with Gasteiger partial charge in [0.15, 0.2) is 16.2 Å². The van der Waals surface area contributed by atoms with Gasteiger partial charge in [0.1, 0.15) is 23.6 Å². The largest absolute Gasteiger partial charge is 0.481 e. The van der Waals surface area contributed by atoms with Crippen molar-refractivity contribution in [3.63, 3.8) is 0 Å². The Hall–Kier alpha value is -2.85. The molecular formula is C20H15Cl2N3O5S. The number of hydrogen-bond donors (Lipinski definition) is 1. The Bertz CT molecular complexity index is 1200. The maximum Gasteiger partial charge on any atom is 0.400 e. The van der Waals surface area contributed by atoms with Crippen molar-refractivity contribution in [3.05, 3.63) is 63.0 Å². The maximum atomic E-state index is 12.1. The number of ether oxygens (including phenoxy) is 2. The quantitative estimate of drug-likeness (QED) is 0.338. The molecule has 31 heavy (non-hydrogen) atoms. The lowest BCUT2D eigenvalue weighted by Gasteiger charge is -2.14. The number of aromatic nitrogens is 2. The molecule has 160 valence electrons.